The summed E-state index contributed by atoms with van der Waals surface area (Å²) in [6.45, 7) is 7.21. The topological polar surface area (TPSA) is 99.2 Å². The quantitative estimate of drug-likeness (QED) is 0.729. The van der Waals surface area contributed by atoms with E-state index in [1.807, 2.05) is 13.8 Å². The Morgan fingerprint density at radius 2 is 1.95 bits per heavy atom. The van der Waals surface area contributed by atoms with Crippen molar-refractivity contribution in [1.82, 2.24) is 15.1 Å². The highest BCUT2D eigenvalue weighted by atomic mass is 16.5. The van der Waals surface area contributed by atoms with Crippen LogP contribution in [0.15, 0.2) is 0 Å². The molecule has 1 aromatic rings. The molecule has 3 N–H and O–H groups in total. The van der Waals surface area contributed by atoms with Crippen LogP contribution in [0.2, 0.25) is 0 Å². The molecule has 1 heterocycles. The van der Waals surface area contributed by atoms with Gasteiger partial charge in [0.05, 0.1) is 17.1 Å². The third-order valence-electron chi connectivity index (χ3n) is 3.43. The zero-order valence-corrected chi connectivity index (χ0v) is 13.1. The summed E-state index contributed by atoms with van der Waals surface area (Å²) >= 11 is 0. The van der Waals surface area contributed by atoms with Crippen LogP contribution in [-0.2, 0) is 20.9 Å². The Labute approximate surface area is 124 Å². The van der Waals surface area contributed by atoms with Gasteiger partial charge in [0.25, 0.3) is 5.91 Å². The SMILES string of the molecule is CCC(CC)NC(=O)COC(=O)Cn1nc(C)c(N)c1C. The first kappa shape index (κ1) is 17.0. The molecular formula is C14H24N4O3. The maximum Gasteiger partial charge on any atom is 0.328 e. The molecule has 0 aliphatic carbocycles. The first-order chi connectivity index (χ1) is 9.88. The molecule has 0 spiro atoms. The summed E-state index contributed by atoms with van der Waals surface area (Å²) in [5.41, 5.74) is 7.74. The van der Waals surface area contributed by atoms with E-state index in [-0.39, 0.29) is 25.1 Å². The lowest BCUT2D eigenvalue weighted by atomic mass is 10.2. The minimum Gasteiger partial charge on any atom is -0.454 e. The molecule has 0 fully saturated rings. The fourth-order valence-corrected chi connectivity index (χ4v) is 1.94. The molecule has 0 aliphatic rings. The standard InChI is InChI=1S/C14H24N4O3/c1-5-11(6-2)16-12(19)8-21-13(20)7-18-10(4)14(15)9(3)17-18/h11H,5-8,15H2,1-4H3,(H,16,19). The van der Waals surface area contributed by atoms with E-state index in [2.05, 4.69) is 10.4 Å². The summed E-state index contributed by atoms with van der Waals surface area (Å²) < 4.78 is 6.43. The molecule has 0 aliphatic heterocycles. The summed E-state index contributed by atoms with van der Waals surface area (Å²) in [7, 11) is 0. The lowest BCUT2D eigenvalue weighted by molar-refractivity contribution is -0.149. The minimum atomic E-state index is -0.514. The summed E-state index contributed by atoms with van der Waals surface area (Å²) in [6.07, 6.45) is 1.70. The number of anilines is 1. The van der Waals surface area contributed by atoms with Crippen LogP contribution in [0.5, 0.6) is 0 Å². The molecule has 7 heteroatoms. The molecule has 1 rings (SSSR count). The number of nitrogens with one attached hydrogen (secondary N) is 1. The van der Waals surface area contributed by atoms with E-state index in [4.69, 9.17) is 10.5 Å². The molecule has 0 atom stereocenters. The van der Waals surface area contributed by atoms with Crippen LogP contribution in [0.4, 0.5) is 5.69 Å². The van der Waals surface area contributed by atoms with Gasteiger partial charge in [0.2, 0.25) is 0 Å². The maximum absolute atomic E-state index is 11.7. The van der Waals surface area contributed by atoms with Crippen molar-refractivity contribution in [3.05, 3.63) is 11.4 Å². The number of nitrogens with zero attached hydrogens (tertiary/aromatic N) is 2. The second-order valence-corrected chi connectivity index (χ2v) is 4.98. The lowest BCUT2D eigenvalue weighted by Gasteiger charge is -2.14. The van der Waals surface area contributed by atoms with Crippen molar-refractivity contribution >= 4 is 17.6 Å². The molecule has 0 unspecified atom stereocenters. The Morgan fingerprint density at radius 3 is 2.43 bits per heavy atom. The van der Waals surface area contributed by atoms with Gasteiger partial charge in [-0.3, -0.25) is 14.3 Å². The number of nitrogens with two attached hydrogens (primary N) is 1. The monoisotopic (exact) mass is 296 g/mol. The molecule has 21 heavy (non-hydrogen) atoms. The van der Waals surface area contributed by atoms with E-state index < -0.39 is 5.97 Å². The van der Waals surface area contributed by atoms with Crippen LogP contribution in [0.3, 0.4) is 0 Å². The number of amides is 1. The normalized spacial score (nSPS) is 10.7. The fourth-order valence-electron chi connectivity index (χ4n) is 1.94. The van der Waals surface area contributed by atoms with Gasteiger partial charge in [-0.15, -0.1) is 0 Å². The second-order valence-electron chi connectivity index (χ2n) is 4.98. The Bertz CT molecular complexity index is 507. The molecule has 7 nitrogen and oxygen atoms in total. The van der Waals surface area contributed by atoms with Gasteiger partial charge in [0.15, 0.2) is 6.61 Å². The Kier molecular flexibility index (Phi) is 6.20. The van der Waals surface area contributed by atoms with Gasteiger partial charge in [0.1, 0.15) is 6.54 Å². The highest BCUT2D eigenvalue weighted by molar-refractivity contribution is 5.80. The predicted octanol–water partition coefficient (Wildman–Crippen LogP) is 0.930. The van der Waals surface area contributed by atoms with Crippen LogP contribution < -0.4 is 11.1 Å². The number of aromatic nitrogens is 2. The van der Waals surface area contributed by atoms with Gasteiger partial charge < -0.3 is 15.8 Å². The van der Waals surface area contributed by atoms with Crippen LogP contribution in [0.25, 0.3) is 0 Å². The van der Waals surface area contributed by atoms with Crippen LogP contribution in [0.1, 0.15) is 38.1 Å². The average molecular weight is 296 g/mol. The largest absolute Gasteiger partial charge is 0.454 e. The van der Waals surface area contributed by atoms with Crippen molar-refractivity contribution in [3.8, 4) is 0 Å². The average Bonchev–Trinajstić information content (AvgIpc) is 2.70. The summed E-state index contributed by atoms with van der Waals surface area (Å²) in [5, 5.41) is 6.94. The molecule has 0 aromatic carbocycles. The Hall–Kier alpha value is -2.05. The van der Waals surface area contributed by atoms with Gasteiger partial charge >= 0.3 is 5.97 Å². The number of nitrogen functional groups attached to an aromatic ring is 1. The second kappa shape index (κ2) is 7.66. The lowest BCUT2D eigenvalue weighted by Crippen LogP contribution is -2.37. The molecular weight excluding hydrogens is 272 g/mol. The van der Waals surface area contributed by atoms with Crippen molar-refractivity contribution in [1.29, 1.82) is 0 Å². The number of hydrogen-bond acceptors (Lipinski definition) is 5. The molecule has 1 amide bonds. The minimum absolute atomic E-state index is 0.0534. The smallest absolute Gasteiger partial charge is 0.328 e. The molecule has 0 saturated carbocycles. The number of hydrogen-bond donors (Lipinski definition) is 2. The van der Waals surface area contributed by atoms with Crippen molar-refractivity contribution in [2.45, 2.75) is 53.1 Å². The van der Waals surface area contributed by atoms with Crippen LogP contribution in [0, 0.1) is 13.8 Å². The van der Waals surface area contributed by atoms with Crippen molar-refractivity contribution < 1.29 is 14.3 Å². The predicted molar refractivity (Wildman–Crippen MR) is 79.6 cm³/mol. The first-order valence-electron chi connectivity index (χ1n) is 7.13. The highest BCUT2D eigenvalue weighted by Crippen LogP contribution is 2.14. The van der Waals surface area contributed by atoms with Crippen LogP contribution in [-0.4, -0.2) is 34.3 Å². The summed E-state index contributed by atoms with van der Waals surface area (Å²) in [4.78, 5) is 23.3. The van der Waals surface area contributed by atoms with Crippen molar-refractivity contribution in [3.63, 3.8) is 0 Å². The van der Waals surface area contributed by atoms with Gasteiger partial charge in [-0.1, -0.05) is 13.8 Å². The summed E-state index contributed by atoms with van der Waals surface area (Å²) in [6, 6.07) is 0.118. The van der Waals surface area contributed by atoms with Gasteiger partial charge in [-0.05, 0) is 26.7 Å². The number of carbonyl (C=O) groups excluding carboxylic acids is 2. The number of esters is 1. The summed E-state index contributed by atoms with van der Waals surface area (Å²) in [5.74, 6) is -0.801. The van der Waals surface area contributed by atoms with E-state index in [9.17, 15) is 9.59 Å². The number of carbonyl (C=O) groups is 2. The Balaban J connectivity index is 2.44. The van der Waals surface area contributed by atoms with E-state index in [1.165, 1.54) is 4.68 Å². The first-order valence-corrected chi connectivity index (χ1v) is 7.13. The highest BCUT2D eigenvalue weighted by Gasteiger charge is 2.14. The van der Waals surface area contributed by atoms with E-state index in [0.717, 1.165) is 12.8 Å². The van der Waals surface area contributed by atoms with Gasteiger partial charge in [-0.25, -0.2) is 0 Å². The molecule has 1 aromatic heterocycles. The number of ether oxygens (including phenoxy) is 1. The zero-order chi connectivity index (χ0) is 16.0. The van der Waals surface area contributed by atoms with Crippen LogP contribution >= 0.6 is 0 Å². The third-order valence-corrected chi connectivity index (χ3v) is 3.43. The third kappa shape index (κ3) is 4.77. The molecule has 0 bridgehead atoms. The Morgan fingerprint density at radius 1 is 1.33 bits per heavy atom. The molecule has 118 valence electrons. The fraction of sp³-hybridized carbons (Fsp3) is 0.643. The molecule has 0 saturated heterocycles. The number of rotatable bonds is 7. The molecule has 0 radical (unpaired) electrons. The van der Waals surface area contributed by atoms with Gasteiger partial charge in [-0.2, -0.15) is 5.10 Å². The van der Waals surface area contributed by atoms with Crippen molar-refractivity contribution in [2.24, 2.45) is 0 Å². The van der Waals surface area contributed by atoms with Gasteiger partial charge in [0, 0.05) is 6.04 Å². The van der Waals surface area contributed by atoms with E-state index in [1.54, 1.807) is 13.8 Å². The number of aryl methyl sites for hydroxylation is 1. The van der Waals surface area contributed by atoms with E-state index >= 15 is 0 Å². The zero-order valence-electron chi connectivity index (χ0n) is 13.1. The van der Waals surface area contributed by atoms with E-state index in [0.29, 0.717) is 17.1 Å². The van der Waals surface area contributed by atoms with Crippen molar-refractivity contribution in [2.75, 3.05) is 12.3 Å². The maximum atomic E-state index is 11.7.